The summed E-state index contributed by atoms with van der Waals surface area (Å²) in [6.45, 7) is 9.50. The van der Waals surface area contributed by atoms with Gasteiger partial charge in [0.25, 0.3) is 0 Å². The van der Waals surface area contributed by atoms with Gasteiger partial charge in [-0.25, -0.2) is 4.79 Å². The molecule has 1 aromatic rings. The molecule has 2 aliphatic heterocycles. The number of ether oxygens (including phenoxy) is 1. The van der Waals surface area contributed by atoms with E-state index in [2.05, 4.69) is 39.5 Å². The fraction of sp³-hybridized carbons (Fsp3) is 0.600. The summed E-state index contributed by atoms with van der Waals surface area (Å²) in [7, 11) is 0. The van der Waals surface area contributed by atoms with Crippen molar-refractivity contribution in [2.24, 2.45) is 4.99 Å². The molecule has 0 radical (unpaired) electrons. The van der Waals surface area contributed by atoms with E-state index >= 15 is 0 Å². The fourth-order valence-electron chi connectivity index (χ4n) is 3.36. The molecule has 0 aromatic heterocycles. The molecule has 0 aliphatic carbocycles. The van der Waals surface area contributed by atoms with Crippen molar-refractivity contribution in [3.63, 3.8) is 0 Å². The zero-order valence-corrected chi connectivity index (χ0v) is 18.8. The first-order valence-corrected chi connectivity index (χ1v) is 9.49. The molecule has 3 rings (SSSR count). The number of hydrogen-bond donors (Lipinski definition) is 1. The lowest BCUT2D eigenvalue weighted by Crippen LogP contribution is -2.57. The number of piperazine rings is 1. The minimum atomic E-state index is -0.453. The molecule has 1 saturated heterocycles. The van der Waals surface area contributed by atoms with Crippen molar-refractivity contribution in [3.05, 3.63) is 35.9 Å². The monoisotopic (exact) mass is 486 g/mol. The molecule has 1 aromatic carbocycles. The van der Waals surface area contributed by atoms with Crippen molar-refractivity contribution in [3.8, 4) is 0 Å². The highest BCUT2D eigenvalue weighted by Crippen LogP contribution is 2.18. The first-order valence-electron chi connectivity index (χ1n) is 9.49. The molecular formula is C20H31IN4O2. The van der Waals surface area contributed by atoms with Crippen LogP contribution in [0.5, 0.6) is 0 Å². The van der Waals surface area contributed by atoms with Crippen LogP contribution >= 0.6 is 24.0 Å². The average Bonchev–Trinajstić information content (AvgIpc) is 3.00. The summed E-state index contributed by atoms with van der Waals surface area (Å²) in [5, 5.41) is 3.47. The van der Waals surface area contributed by atoms with Crippen LogP contribution in [0.4, 0.5) is 4.79 Å². The largest absolute Gasteiger partial charge is 0.444 e. The van der Waals surface area contributed by atoms with Gasteiger partial charge in [0.1, 0.15) is 5.60 Å². The molecule has 1 fully saturated rings. The van der Waals surface area contributed by atoms with E-state index in [9.17, 15) is 4.79 Å². The third-order valence-corrected chi connectivity index (χ3v) is 4.63. The van der Waals surface area contributed by atoms with Crippen LogP contribution in [-0.4, -0.2) is 66.2 Å². The van der Waals surface area contributed by atoms with Crippen molar-refractivity contribution in [2.45, 2.75) is 45.3 Å². The smallest absolute Gasteiger partial charge is 0.410 e. The normalized spacial score (nSPS) is 19.1. The van der Waals surface area contributed by atoms with Crippen molar-refractivity contribution in [1.82, 2.24) is 15.1 Å². The van der Waals surface area contributed by atoms with Gasteiger partial charge in [-0.15, -0.1) is 24.0 Å². The maximum atomic E-state index is 12.3. The summed E-state index contributed by atoms with van der Waals surface area (Å²) in [5.41, 5.74) is 0.915. The van der Waals surface area contributed by atoms with Gasteiger partial charge >= 0.3 is 6.09 Å². The third-order valence-electron chi connectivity index (χ3n) is 4.63. The lowest BCUT2D eigenvalue weighted by Gasteiger charge is -2.39. The number of fused-ring (bicyclic) bond motifs is 1. The van der Waals surface area contributed by atoms with Gasteiger partial charge in [-0.3, -0.25) is 4.99 Å². The summed E-state index contributed by atoms with van der Waals surface area (Å²) in [6.07, 6.45) is 1.92. The lowest BCUT2D eigenvalue weighted by atomic mass is 10.1. The Kier molecular flexibility index (Phi) is 7.76. The van der Waals surface area contributed by atoms with E-state index in [0.29, 0.717) is 13.1 Å². The van der Waals surface area contributed by atoms with E-state index in [0.717, 1.165) is 38.4 Å². The topological polar surface area (TPSA) is 57.2 Å². The second kappa shape index (κ2) is 9.61. The number of carbonyl (C=O) groups is 1. The number of rotatable bonds is 4. The van der Waals surface area contributed by atoms with Crippen molar-refractivity contribution in [1.29, 1.82) is 0 Å². The van der Waals surface area contributed by atoms with Crippen molar-refractivity contribution in [2.75, 3.05) is 32.7 Å². The molecule has 1 unspecified atom stereocenters. The summed E-state index contributed by atoms with van der Waals surface area (Å²) in [4.78, 5) is 21.0. The molecule has 6 nitrogen and oxygen atoms in total. The second-order valence-corrected chi connectivity index (χ2v) is 7.95. The first kappa shape index (κ1) is 21.8. The van der Waals surface area contributed by atoms with E-state index < -0.39 is 5.60 Å². The molecule has 2 heterocycles. The van der Waals surface area contributed by atoms with Gasteiger partial charge in [0.2, 0.25) is 0 Å². The van der Waals surface area contributed by atoms with Crippen LogP contribution in [0.15, 0.2) is 35.3 Å². The van der Waals surface area contributed by atoms with Crippen molar-refractivity contribution < 1.29 is 9.53 Å². The average molecular weight is 486 g/mol. The summed E-state index contributed by atoms with van der Waals surface area (Å²) < 4.78 is 5.49. The Balaban J connectivity index is 0.00000261. The van der Waals surface area contributed by atoms with E-state index in [1.807, 2.05) is 26.8 Å². The van der Waals surface area contributed by atoms with Crippen LogP contribution in [0, 0.1) is 0 Å². The zero-order valence-electron chi connectivity index (χ0n) is 16.5. The van der Waals surface area contributed by atoms with Crippen molar-refractivity contribution >= 4 is 36.0 Å². The van der Waals surface area contributed by atoms with Gasteiger partial charge in [0, 0.05) is 26.2 Å². The minimum Gasteiger partial charge on any atom is -0.444 e. The Morgan fingerprint density at radius 1 is 1.26 bits per heavy atom. The molecule has 1 atom stereocenters. The molecule has 1 amide bonds. The molecule has 7 heteroatoms. The molecule has 0 saturated carbocycles. The van der Waals surface area contributed by atoms with Crippen LogP contribution in [0.3, 0.4) is 0 Å². The molecule has 150 valence electrons. The highest BCUT2D eigenvalue weighted by atomic mass is 127. The Morgan fingerprint density at radius 2 is 2.00 bits per heavy atom. The van der Waals surface area contributed by atoms with E-state index in [1.54, 1.807) is 4.90 Å². The highest BCUT2D eigenvalue weighted by Gasteiger charge is 2.36. The number of aliphatic imine (C=N–C) groups is 1. The van der Waals surface area contributed by atoms with Gasteiger partial charge in [-0.05, 0) is 39.2 Å². The van der Waals surface area contributed by atoms with Crippen LogP contribution < -0.4 is 5.32 Å². The van der Waals surface area contributed by atoms with E-state index in [1.165, 1.54) is 5.56 Å². The summed E-state index contributed by atoms with van der Waals surface area (Å²) >= 11 is 0. The molecule has 2 aliphatic rings. The second-order valence-electron chi connectivity index (χ2n) is 7.95. The Labute approximate surface area is 179 Å². The maximum absolute atomic E-state index is 12.3. The Morgan fingerprint density at radius 3 is 2.70 bits per heavy atom. The Bertz CT molecular complexity index is 645. The van der Waals surface area contributed by atoms with Crippen LogP contribution in [-0.2, 0) is 11.2 Å². The predicted molar refractivity (Wildman–Crippen MR) is 119 cm³/mol. The Hall–Kier alpha value is -1.51. The van der Waals surface area contributed by atoms with Gasteiger partial charge < -0.3 is 19.9 Å². The fourth-order valence-corrected chi connectivity index (χ4v) is 3.36. The number of benzene rings is 1. The quantitative estimate of drug-likeness (QED) is 0.525. The number of guanidine groups is 1. The van der Waals surface area contributed by atoms with Crippen LogP contribution in [0.1, 0.15) is 32.8 Å². The first-order chi connectivity index (χ1) is 12.4. The molecule has 0 bridgehead atoms. The zero-order chi connectivity index (χ0) is 18.6. The van der Waals surface area contributed by atoms with Gasteiger partial charge in [0.05, 0.1) is 12.6 Å². The number of halogens is 1. The van der Waals surface area contributed by atoms with Gasteiger partial charge in [-0.1, -0.05) is 30.3 Å². The van der Waals surface area contributed by atoms with Crippen LogP contribution in [0.2, 0.25) is 0 Å². The van der Waals surface area contributed by atoms with Gasteiger partial charge in [-0.2, -0.15) is 0 Å². The molecule has 0 spiro atoms. The summed E-state index contributed by atoms with van der Waals surface area (Å²) in [6, 6.07) is 10.8. The highest BCUT2D eigenvalue weighted by molar-refractivity contribution is 14.0. The molecule has 27 heavy (non-hydrogen) atoms. The SMILES string of the molecule is CC(C)(C)OC(=O)N1CCN2C(NCCCc3ccccc3)=NCC2C1.I. The number of nitrogens with zero attached hydrogens (tertiary/aromatic N) is 3. The summed E-state index contributed by atoms with van der Waals surface area (Å²) in [5.74, 6) is 0.979. The molecule has 1 N–H and O–H groups in total. The lowest BCUT2D eigenvalue weighted by molar-refractivity contribution is 0.0137. The van der Waals surface area contributed by atoms with Crippen LogP contribution in [0.25, 0.3) is 0 Å². The maximum Gasteiger partial charge on any atom is 0.410 e. The third kappa shape index (κ3) is 6.26. The predicted octanol–water partition coefficient (Wildman–Crippen LogP) is 3.12. The number of amides is 1. The van der Waals surface area contributed by atoms with Gasteiger partial charge in [0.15, 0.2) is 5.96 Å². The number of nitrogens with one attached hydrogen (secondary N) is 1. The molecular weight excluding hydrogens is 455 g/mol. The standard InChI is InChI=1S/C20H30N4O2.HI/c1-20(2,3)26-19(25)23-12-13-24-17(15-23)14-22-18(24)21-11-7-10-16-8-5-4-6-9-16;/h4-6,8-9,17H,7,10-15H2,1-3H3,(H,21,22);1H. The minimum absolute atomic E-state index is 0. The van der Waals surface area contributed by atoms with E-state index in [4.69, 9.17) is 4.74 Å². The number of hydrogen-bond acceptors (Lipinski definition) is 5. The number of carbonyl (C=O) groups excluding carboxylic acids is 1. The number of aryl methyl sites for hydroxylation is 1. The van der Waals surface area contributed by atoms with E-state index in [-0.39, 0.29) is 36.1 Å².